The van der Waals surface area contributed by atoms with Gasteiger partial charge in [-0.05, 0) is 12.1 Å². The van der Waals surface area contributed by atoms with E-state index in [4.69, 9.17) is 22.1 Å². The van der Waals surface area contributed by atoms with Crippen LogP contribution in [0, 0.1) is 0 Å². The summed E-state index contributed by atoms with van der Waals surface area (Å²) in [5, 5.41) is 0.369. The van der Waals surface area contributed by atoms with E-state index in [2.05, 4.69) is 4.74 Å². The number of anilines is 1. The van der Waals surface area contributed by atoms with Crippen LogP contribution in [-0.2, 0) is 9.53 Å². The lowest BCUT2D eigenvalue weighted by atomic mass is 10.3. The zero-order valence-corrected chi connectivity index (χ0v) is 8.38. The third kappa shape index (κ3) is 2.53. The molecule has 0 atom stereocenters. The van der Waals surface area contributed by atoms with Crippen LogP contribution in [-0.4, -0.2) is 19.7 Å². The molecule has 0 heterocycles. The highest BCUT2D eigenvalue weighted by atomic mass is 35.5. The monoisotopic (exact) mass is 215 g/mol. The summed E-state index contributed by atoms with van der Waals surface area (Å²) in [5.74, 6) is -0.177. The fourth-order valence-electron chi connectivity index (χ4n) is 0.868. The first-order valence-corrected chi connectivity index (χ1v) is 4.26. The molecule has 0 aliphatic carbocycles. The van der Waals surface area contributed by atoms with Gasteiger partial charge in [0.2, 0.25) is 0 Å². The van der Waals surface area contributed by atoms with Gasteiger partial charge < -0.3 is 15.2 Å². The van der Waals surface area contributed by atoms with E-state index in [-0.39, 0.29) is 6.61 Å². The summed E-state index contributed by atoms with van der Waals surface area (Å²) in [6, 6.07) is 4.96. The molecule has 14 heavy (non-hydrogen) atoms. The standard InChI is InChI=1S/C9H10ClNO3/c1-13-8(12)5-14-9-6(10)3-2-4-7(9)11/h2-4H,5,11H2,1H3. The van der Waals surface area contributed by atoms with Gasteiger partial charge in [0, 0.05) is 0 Å². The van der Waals surface area contributed by atoms with E-state index < -0.39 is 5.97 Å². The first-order valence-electron chi connectivity index (χ1n) is 3.88. The van der Waals surface area contributed by atoms with Crippen LogP contribution in [0.5, 0.6) is 5.75 Å². The number of hydrogen-bond acceptors (Lipinski definition) is 4. The van der Waals surface area contributed by atoms with Crippen molar-refractivity contribution in [3.05, 3.63) is 23.2 Å². The summed E-state index contributed by atoms with van der Waals surface area (Å²) in [5.41, 5.74) is 5.98. The van der Waals surface area contributed by atoms with Crippen molar-refractivity contribution in [3.63, 3.8) is 0 Å². The summed E-state index contributed by atoms with van der Waals surface area (Å²) in [7, 11) is 1.28. The maximum atomic E-state index is 10.8. The second-order valence-electron chi connectivity index (χ2n) is 2.52. The number of carbonyl (C=O) groups excluding carboxylic acids is 1. The van der Waals surface area contributed by atoms with Gasteiger partial charge in [-0.2, -0.15) is 0 Å². The lowest BCUT2D eigenvalue weighted by Crippen LogP contribution is -2.13. The lowest BCUT2D eigenvalue weighted by Gasteiger charge is -2.08. The molecule has 1 aromatic carbocycles. The molecule has 0 aliphatic rings. The molecule has 0 saturated carbocycles. The van der Waals surface area contributed by atoms with E-state index in [0.29, 0.717) is 16.5 Å². The topological polar surface area (TPSA) is 61.5 Å². The minimum absolute atomic E-state index is 0.204. The molecule has 0 fully saturated rings. The van der Waals surface area contributed by atoms with Gasteiger partial charge in [0.05, 0.1) is 17.8 Å². The first-order chi connectivity index (χ1) is 6.65. The van der Waals surface area contributed by atoms with Crippen molar-refractivity contribution in [1.82, 2.24) is 0 Å². The predicted octanol–water partition coefficient (Wildman–Crippen LogP) is 1.47. The Morgan fingerprint density at radius 2 is 2.29 bits per heavy atom. The number of benzene rings is 1. The van der Waals surface area contributed by atoms with Crippen molar-refractivity contribution >= 4 is 23.3 Å². The molecule has 76 valence electrons. The highest BCUT2D eigenvalue weighted by molar-refractivity contribution is 6.32. The van der Waals surface area contributed by atoms with Crippen LogP contribution in [0.15, 0.2) is 18.2 Å². The van der Waals surface area contributed by atoms with E-state index >= 15 is 0 Å². The molecule has 5 heteroatoms. The average Bonchev–Trinajstić information content (AvgIpc) is 2.16. The van der Waals surface area contributed by atoms with Crippen LogP contribution in [0.1, 0.15) is 0 Å². The molecule has 0 amide bonds. The second-order valence-corrected chi connectivity index (χ2v) is 2.93. The molecular weight excluding hydrogens is 206 g/mol. The minimum Gasteiger partial charge on any atom is -0.478 e. The fourth-order valence-corrected chi connectivity index (χ4v) is 1.10. The van der Waals surface area contributed by atoms with Gasteiger partial charge in [-0.25, -0.2) is 4.79 Å². The molecule has 1 aromatic rings. The van der Waals surface area contributed by atoms with Crippen molar-refractivity contribution in [3.8, 4) is 5.75 Å². The number of methoxy groups -OCH3 is 1. The van der Waals surface area contributed by atoms with E-state index in [0.717, 1.165) is 0 Å². The van der Waals surface area contributed by atoms with Crippen molar-refractivity contribution < 1.29 is 14.3 Å². The summed E-state index contributed by atoms with van der Waals surface area (Å²) in [6.45, 7) is -0.204. The number of hydrogen-bond donors (Lipinski definition) is 1. The third-order valence-electron chi connectivity index (χ3n) is 1.56. The fraction of sp³-hybridized carbons (Fsp3) is 0.222. The Kier molecular flexibility index (Phi) is 3.59. The number of rotatable bonds is 3. The summed E-state index contributed by atoms with van der Waals surface area (Å²) in [4.78, 5) is 10.8. The Morgan fingerprint density at radius 3 is 2.86 bits per heavy atom. The number of halogens is 1. The van der Waals surface area contributed by atoms with Gasteiger partial charge in [0.15, 0.2) is 12.4 Å². The Balaban J connectivity index is 2.71. The summed E-state index contributed by atoms with van der Waals surface area (Å²) >= 11 is 5.80. The second kappa shape index (κ2) is 4.72. The van der Waals surface area contributed by atoms with Crippen molar-refractivity contribution in [2.75, 3.05) is 19.5 Å². The van der Waals surface area contributed by atoms with Gasteiger partial charge in [0.1, 0.15) is 0 Å². The zero-order valence-electron chi connectivity index (χ0n) is 7.62. The summed E-state index contributed by atoms with van der Waals surface area (Å²) in [6.07, 6.45) is 0. The smallest absolute Gasteiger partial charge is 0.343 e. The van der Waals surface area contributed by atoms with Crippen LogP contribution >= 0.6 is 11.6 Å². The number of ether oxygens (including phenoxy) is 2. The van der Waals surface area contributed by atoms with E-state index in [1.54, 1.807) is 18.2 Å². The molecule has 0 bridgehead atoms. The van der Waals surface area contributed by atoms with Crippen LogP contribution in [0.4, 0.5) is 5.69 Å². The average molecular weight is 216 g/mol. The van der Waals surface area contributed by atoms with Crippen LogP contribution < -0.4 is 10.5 Å². The Hall–Kier alpha value is -1.42. The molecule has 4 nitrogen and oxygen atoms in total. The quantitative estimate of drug-likeness (QED) is 0.613. The van der Waals surface area contributed by atoms with Gasteiger partial charge >= 0.3 is 5.97 Å². The molecule has 0 radical (unpaired) electrons. The lowest BCUT2D eigenvalue weighted by molar-refractivity contribution is -0.142. The Labute approximate surface area is 86.6 Å². The molecule has 0 saturated heterocycles. The molecule has 0 spiro atoms. The minimum atomic E-state index is -0.482. The third-order valence-corrected chi connectivity index (χ3v) is 1.86. The molecule has 0 aromatic heterocycles. The number of esters is 1. The van der Waals surface area contributed by atoms with Gasteiger partial charge in [-0.1, -0.05) is 17.7 Å². The number of carbonyl (C=O) groups is 1. The Morgan fingerprint density at radius 1 is 1.57 bits per heavy atom. The molecule has 0 unspecified atom stereocenters. The van der Waals surface area contributed by atoms with E-state index in [1.807, 2.05) is 0 Å². The van der Waals surface area contributed by atoms with Crippen LogP contribution in [0.2, 0.25) is 5.02 Å². The molecule has 1 rings (SSSR count). The van der Waals surface area contributed by atoms with Crippen molar-refractivity contribution in [2.45, 2.75) is 0 Å². The van der Waals surface area contributed by atoms with E-state index in [9.17, 15) is 4.79 Å². The molecular formula is C9H10ClNO3. The van der Waals surface area contributed by atoms with E-state index in [1.165, 1.54) is 7.11 Å². The van der Waals surface area contributed by atoms with Gasteiger partial charge in [-0.15, -0.1) is 0 Å². The summed E-state index contributed by atoms with van der Waals surface area (Å²) < 4.78 is 9.49. The highest BCUT2D eigenvalue weighted by Gasteiger charge is 2.08. The molecule has 2 N–H and O–H groups in total. The van der Waals surface area contributed by atoms with Gasteiger partial charge in [-0.3, -0.25) is 0 Å². The highest BCUT2D eigenvalue weighted by Crippen LogP contribution is 2.30. The maximum Gasteiger partial charge on any atom is 0.343 e. The zero-order chi connectivity index (χ0) is 10.6. The van der Waals surface area contributed by atoms with Crippen LogP contribution in [0.25, 0.3) is 0 Å². The van der Waals surface area contributed by atoms with Gasteiger partial charge in [0.25, 0.3) is 0 Å². The SMILES string of the molecule is COC(=O)COc1c(N)cccc1Cl. The number of nitrogen functional groups attached to an aromatic ring is 1. The number of para-hydroxylation sites is 1. The predicted molar refractivity (Wildman–Crippen MR) is 53.4 cm³/mol. The largest absolute Gasteiger partial charge is 0.478 e. The molecule has 0 aliphatic heterocycles. The van der Waals surface area contributed by atoms with Crippen molar-refractivity contribution in [1.29, 1.82) is 0 Å². The first kappa shape index (κ1) is 10.7. The normalized spacial score (nSPS) is 9.57. The Bertz CT molecular complexity index is 321. The maximum absolute atomic E-state index is 10.8. The van der Waals surface area contributed by atoms with Crippen molar-refractivity contribution in [2.24, 2.45) is 0 Å². The number of nitrogens with two attached hydrogens (primary N) is 1. The van der Waals surface area contributed by atoms with Crippen LogP contribution in [0.3, 0.4) is 0 Å².